The van der Waals surface area contributed by atoms with Crippen molar-refractivity contribution >= 4 is 23.2 Å². The Bertz CT molecular complexity index is 887. The van der Waals surface area contributed by atoms with Crippen LogP contribution >= 0.6 is 11.8 Å². The number of carbonyl (C=O) groups excluding carboxylic acids is 1. The Morgan fingerprint density at radius 1 is 1.17 bits per heavy atom. The van der Waals surface area contributed by atoms with Crippen molar-refractivity contribution < 1.29 is 14.0 Å². The van der Waals surface area contributed by atoms with Crippen molar-refractivity contribution in [3.8, 4) is 5.69 Å². The van der Waals surface area contributed by atoms with E-state index in [9.17, 15) is 9.59 Å². The maximum atomic E-state index is 12.4. The second-order valence-corrected chi connectivity index (χ2v) is 5.83. The van der Waals surface area contributed by atoms with Gasteiger partial charge >= 0.3 is 11.3 Å². The number of nitrogens with two attached hydrogens (primary N) is 1. The van der Waals surface area contributed by atoms with Crippen LogP contribution in [0, 0.1) is 0 Å². The van der Waals surface area contributed by atoms with Crippen molar-refractivity contribution in [1.29, 1.82) is 0 Å². The van der Waals surface area contributed by atoms with Crippen molar-refractivity contribution in [1.82, 2.24) is 5.27 Å². The number of nitrogens with zero attached hydrogens (tertiary/aromatic N) is 1. The van der Waals surface area contributed by atoms with Gasteiger partial charge in [-0.25, -0.2) is 4.79 Å². The first-order valence-electron chi connectivity index (χ1n) is 6.85. The molecule has 7 heteroatoms. The van der Waals surface area contributed by atoms with Gasteiger partial charge in [-0.05, 0) is 28.2 Å². The molecule has 0 saturated carbocycles. The molecule has 0 atom stereocenters. The fraction of sp³-hybridized carbons (Fsp3) is 0.0625. The molecule has 0 spiro atoms. The molecule has 0 amide bonds. The van der Waals surface area contributed by atoms with E-state index in [0.29, 0.717) is 11.4 Å². The lowest BCUT2D eigenvalue weighted by Crippen LogP contribution is -2.41. The standard InChI is InChI=1S/C16H13N3O3S/c17-11-5-4-8-13(9-11)23-10-14(20)15-16(21)22-18-19(15)12-6-2-1-3-7-12/h1-9H,10,17H2/p+1. The summed E-state index contributed by atoms with van der Waals surface area (Å²) in [4.78, 5) is 25.1. The maximum absolute atomic E-state index is 12.4. The number of rotatable bonds is 5. The molecule has 0 bridgehead atoms. The number of aromatic nitrogens is 2. The number of nitrogens with one attached hydrogen (secondary N) is 1. The summed E-state index contributed by atoms with van der Waals surface area (Å²) in [5.41, 5.74) is 6.27. The van der Waals surface area contributed by atoms with Crippen LogP contribution in [-0.4, -0.2) is 16.8 Å². The van der Waals surface area contributed by atoms with E-state index in [2.05, 4.69) is 5.27 Å². The van der Waals surface area contributed by atoms with Gasteiger partial charge in [0, 0.05) is 22.7 Å². The van der Waals surface area contributed by atoms with Crippen molar-refractivity contribution in [3.63, 3.8) is 0 Å². The minimum atomic E-state index is -0.688. The molecule has 3 rings (SSSR count). The number of thioether (sulfide) groups is 1. The van der Waals surface area contributed by atoms with Crippen LogP contribution < -0.4 is 16.0 Å². The monoisotopic (exact) mass is 328 g/mol. The number of Topliss-reactive ketones (excluding diaryl/α,β-unsaturated/α-hetero) is 1. The summed E-state index contributed by atoms with van der Waals surface area (Å²) < 4.78 is 6.13. The van der Waals surface area contributed by atoms with Crippen LogP contribution in [0.3, 0.4) is 0 Å². The van der Waals surface area contributed by atoms with Gasteiger partial charge < -0.3 is 5.73 Å². The molecular weight excluding hydrogens is 314 g/mol. The molecule has 2 aromatic carbocycles. The predicted molar refractivity (Wildman–Crippen MR) is 86.8 cm³/mol. The molecule has 0 unspecified atom stereocenters. The first-order chi connectivity index (χ1) is 11.1. The van der Waals surface area contributed by atoms with Crippen LogP contribution in [0.2, 0.25) is 0 Å². The quantitative estimate of drug-likeness (QED) is 0.322. The van der Waals surface area contributed by atoms with E-state index in [0.717, 1.165) is 4.90 Å². The largest absolute Gasteiger partial charge is 0.438 e. The molecular formula is C16H14N3O3S+. The molecule has 6 nitrogen and oxygen atoms in total. The van der Waals surface area contributed by atoms with Crippen molar-refractivity contribution in [2.75, 3.05) is 11.5 Å². The number of nitrogen functional groups attached to an aromatic ring is 1. The topological polar surface area (TPSA) is 93.0 Å². The number of ketones is 1. The Balaban J connectivity index is 1.83. The van der Waals surface area contributed by atoms with Crippen LogP contribution in [0.25, 0.3) is 5.69 Å². The molecule has 0 aliphatic carbocycles. The van der Waals surface area contributed by atoms with Crippen molar-refractivity contribution in [3.05, 3.63) is 70.7 Å². The van der Waals surface area contributed by atoms with Gasteiger partial charge in [0.05, 0.1) is 5.75 Å². The molecule has 1 heterocycles. The summed E-state index contributed by atoms with van der Waals surface area (Å²) >= 11 is 1.32. The first kappa shape index (κ1) is 15.1. The minimum Gasteiger partial charge on any atom is -0.399 e. The average molecular weight is 328 g/mol. The number of hydrogen-bond acceptors (Lipinski definition) is 5. The van der Waals surface area contributed by atoms with Gasteiger partial charge in [0.25, 0.3) is 0 Å². The van der Waals surface area contributed by atoms with Gasteiger partial charge in [-0.2, -0.15) is 0 Å². The first-order valence-corrected chi connectivity index (χ1v) is 7.84. The number of H-pyrrole nitrogens is 1. The van der Waals surface area contributed by atoms with Crippen LogP contribution in [0.5, 0.6) is 0 Å². The number of anilines is 1. The molecule has 3 aromatic rings. The van der Waals surface area contributed by atoms with Gasteiger partial charge in [-0.1, -0.05) is 24.3 Å². The van der Waals surface area contributed by atoms with E-state index in [1.165, 1.54) is 16.4 Å². The summed E-state index contributed by atoms with van der Waals surface area (Å²) in [7, 11) is 0. The van der Waals surface area contributed by atoms with Gasteiger partial charge in [0.15, 0.2) is 0 Å². The lowest BCUT2D eigenvalue weighted by atomic mass is 10.3. The Hall–Kier alpha value is -2.80. The highest BCUT2D eigenvalue weighted by Crippen LogP contribution is 2.20. The number of aromatic amines is 1. The molecule has 1 aromatic heterocycles. The van der Waals surface area contributed by atoms with E-state index in [4.69, 9.17) is 10.3 Å². The molecule has 0 radical (unpaired) electrons. The summed E-state index contributed by atoms with van der Waals surface area (Å²) in [5.74, 6) is -0.213. The molecule has 116 valence electrons. The fourth-order valence-corrected chi connectivity index (χ4v) is 2.92. The summed E-state index contributed by atoms with van der Waals surface area (Å²) in [5, 5.41) is 2.46. The summed E-state index contributed by atoms with van der Waals surface area (Å²) in [6.07, 6.45) is 0. The molecule has 0 aliphatic heterocycles. The van der Waals surface area contributed by atoms with Gasteiger partial charge in [0.1, 0.15) is 0 Å². The zero-order chi connectivity index (χ0) is 16.2. The van der Waals surface area contributed by atoms with E-state index < -0.39 is 5.63 Å². The van der Waals surface area contributed by atoms with Crippen LogP contribution in [0.4, 0.5) is 5.69 Å². The lowest BCUT2D eigenvalue weighted by Gasteiger charge is -2.00. The SMILES string of the molecule is Nc1cccc(SCC(=O)c2c(=O)o[nH][n+]2-c2ccccc2)c1. The Morgan fingerprint density at radius 3 is 2.70 bits per heavy atom. The summed E-state index contributed by atoms with van der Waals surface area (Å²) in [6, 6.07) is 16.2. The third kappa shape index (κ3) is 3.35. The van der Waals surface area contributed by atoms with E-state index >= 15 is 0 Å². The third-order valence-electron chi connectivity index (χ3n) is 3.15. The number of benzene rings is 2. The normalized spacial score (nSPS) is 10.6. The maximum Gasteiger partial charge on any atom is 0.438 e. The number of hydrogen-bond donors (Lipinski definition) is 2. The van der Waals surface area contributed by atoms with Crippen LogP contribution in [0.1, 0.15) is 10.5 Å². The van der Waals surface area contributed by atoms with Gasteiger partial charge in [-0.3, -0.25) is 9.32 Å². The minimum absolute atomic E-state index is 0.0346. The Morgan fingerprint density at radius 2 is 1.96 bits per heavy atom. The predicted octanol–water partition coefficient (Wildman–Crippen LogP) is 1.80. The number of carbonyl (C=O) groups is 1. The zero-order valence-electron chi connectivity index (χ0n) is 12.1. The fourth-order valence-electron chi connectivity index (χ4n) is 2.09. The van der Waals surface area contributed by atoms with Crippen LogP contribution in [-0.2, 0) is 0 Å². The Kier molecular flexibility index (Phi) is 4.29. The number of para-hydroxylation sites is 1. The zero-order valence-corrected chi connectivity index (χ0v) is 12.9. The molecule has 0 fully saturated rings. The third-order valence-corrected chi connectivity index (χ3v) is 4.15. The lowest BCUT2D eigenvalue weighted by molar-refractivity contribution is -0.672. The Labute approximate surface area is 135 Å². The smallest absolute Gasteiger partial charge is 0.399 e. The van der Waals surface area contributed by atoms with E-state index in [1.807, 2.05) is 30.3 Å². The summed E-state index contributed by atoms with van der Waals surface area (Å²) in [6.45, 7) is 0. The highest BCUT2D eigenvalue weighted by Gasteiger charge is 2.30. The van der Waals surface area contributed by atoms with Crippen molar-refractivity contribution in [2.24, 2.45) is 0 Å². The van der Waals surface area contributed by atoms with E-state index in [1.54, 1.807) is 24.3 Å². The second-order valence-electron chi connectivity index (χ2n) is 4.78. The van der Waals surface area contributed by atoms with Gasteiger partial charge in [0.2, 0.25) is 11.5 Å². The highest BCUT2D eigenvalue weighted by atomic mass is 32.2. The molecule has 23 heavy (non-hydrogen) atoms. The average Bonchev–Trinajstić information content (AvgIpc) is 2.95. The second kappa shape index (κ2) is 6.53. The molecule has 0 aliphatic rings. The van der Waals surface area contributed by atoms with Crippen molar-refractivity contribution in [2.45, 2.75) is 4.90 Å². The molecule has 0 saturated heterocycles. The van der Waals surface area contributed by atoms with E-state index in [-0.39, 0.29) is 17.2 Å². The van der Waals surface area contributed by atoms with Gasteiger partial charge in [-0.15, -0.1) is 11.8 Å². The van der Waals surface area contributed by atoms with Crippen LogP contribution in [0.15, 0.2) is 68.8 Å². The highest BCUT2D eigenvalue weighted by molar-refractivity contribution is 8.00. The molecule has 3 N–H and O–H groups in total.